The fourth-order valence-electron chi connectivity index (χ4n) is 1.08. The molecule has 0 radical (unpaired) electrons. The van der Waals surface area contributed by atoms with Crippen molar-refractivity contribution in [2.45, 2.75) is 6.92 Å². The smallest absolute Gasteiger partial charge is 0.129 e. The quantitative estimate of drug-likeness (QED) is 0.580. The zero-order valence-corrected chi connectivity index (χ0v) is 7.34. The van der Waals surface area contributed by atoms with Crippen molar-refractivity contribution >= 4 is 22.6 Å². The Hall–Kier alpha value is -1.15. The number of rotatable bonds is 0. The highest BCUT2D eigenvalue weighted by molar-refractivity contribution is 6.29. The Labute approximate surface area is 75.2 Å². The van der Waals surface area contributed by atoms with Crippen LogP contribution in [0.3, 0.4) is 0 Å². The molecule has 2 heterocycles. The largest absolute Gasteiger partial charge is 0.254 e. The number of fused-ring (bicyclic) bond motifs is 1. The number of pyridine rings is 2. The SMILES string of the molecule is Cc1cnc2ccc(Cl)nc2c1. The van der Waals surface area contributed by atoms with Crippen molar-refractivity contribution in [1.82, 2.24) is 9.97 Å². The third kappa shape index (κ3) is 1.25. The molecule has 0 spiro atoms. The normalized spacial score (nSPS) is 10.5. The van der Waals surface area contributed by atoms with Gasteiger partial charge in [0.2, 0.25) is 0 Å². The first-order valence-corrected chi connectivity index (χ1v) is 4.02. The molecule has 0 N–H and O–H groups in total. The minimum Gasteiger partial charge on any atom is -0.254 e. The Morgan fingerprint density at radius 3 is 2.92 bits per heavy atom. The predicted molar refractivity (Wildman–Crippen MR) is 49.3 cm³/mol. The molecule has 0 aliphatic carbocycles. The Balaban J connectivity index is 2.80. The van der Waals surface area contributed by atoms with Gasteiger partial charge in [-0.3, -0.25) is 4.98 Å². The lowest BCUT2D eigenvalue weighted by Gasteiger charge is -1.97. The minimum atomic E-state index is 0.509. The van der Waals surface area contributed by atoms with E-state index in [4.69, 9.17) is 11.6 Å². The van der Waals surface area contributed by atoms with Crippen molar-refractivity contribution in [3.63, 3.8) is 0 Å². The van der Waals surface area contributed by atoms with Crippen LogP contribution >= 0.6 is 11.6 Å². The van der Waals surface area contributed by atoms with Crippen molar-refractivity contribution in [3.05, 3.63) is 35.1 Å². The summed E-state index contributed by atoms with van der Waals surface area (Å²) in [6.07, 6.45) is 1.82. The Morgan fingerprint density at radius 2 is 2.08 bits per heavy atom. The first-order valence-electron chi connectivity index (χ1n) is 3.64. The molecule has 0 bridgehead atoms. The van der Waals surface area contributed by atoms with Gasteiger partial charge in [-0.2, -0.15) is 0 Å². The van der Waals surface area contributed by atoms with Gasteiger partial charge in [-0.15, -0.1) is 0 Å². The van der Waals surface area contributed by atoms with Crippen LogP contribution in [-0.2, 0) is 0 Å². The second-order valence-corrected chi connectivity index (χ2v) is 3.07. The molecule has 0 aromatic carbocycles. The van der Waals surface area contributed by atoms with E-state index in [-0.39, 0.29) is 0 Å². The van der Waals surface area contributed by atoms with Gasteiger partial charge in [0.25, 0.3) is 0 Å². The van der Waals surface area contributed by atoms with E-state index in [2.05, 4.69) is 9.97 Å². The Kier molecular flexibility index (Phi) is 1.70. The first kappa shape index (κ1) is 7.50. The molecule has 3 heteroatoms. The van der Waals surface area contributed by atoms with Gasteiger partial charge >= 0.3 is 0 Å². The number of hydrogen-bond donors (Lipinski definition) is 0. The van der Waals surface area contributed by atoms with Crippen molar-refractivity contribution in [2.75, 3.05) is 0 Å². The van der Waals surface area contributed by atoms with E-state index in [0.717, 1.165) is 16.6 Å². The monoisotopic (exact) mass is 178 g/mol. The van der Waals surface area contributed by atoms with E-state index < -0.39 is 0 Å². The molecule has 0 atom stereocenters. The van der Waals surface area contributed by atoms with Crippen LogP contribution in [0.5, 0.6) is 0 Å². The van der Waals surface area contributed by atoms with Crippen LogP contribution in [-0.4, -0.2) is 9.97 Å². The van der Waals surface area contributed by atoms with E-state index in [1.807, 2.05) is 25.3 Å². The van der Waals surface area contributed by atoms with Crippen LogP contribution in [0.15, 0.2) is 24.4 Å². The third-order valence-electron chi connectivity index (χ3n) is 1.64. The summed E-state index contributed by atoms with van der Waals surface area (Å²) in [5.41, 5.74) is 2.82. The topological polar surface area (TPSA) is 25.8 Å². The van der Waals surface area contributed by atoms with Gasteiger partial charge in [0.15, 0.2) is 0 Å². The lowest BCUT2D eigenvalue weighted by atomic mass is 10.2. The molecule has 0 unspecified atom stereocenters. The summed E-state index contributed by atoms with van der Waals surface area (Å²) in [5, 5.41) is 0.509. The number of nitrogens with zero attached hydrogens (tertiary/aromatic N) is 2. The summed E-state index contributed by atoms with van der Waals surface area (Å²) in [6, 6.07) is 5.57. The maximum Gasteiger partial charge on any atom is 0.129 e. The highest BCUT2D eigenvalue weighted by Gasteiger charge is 1.96. The van der Waals surface area contributed by atoms with Crippen molar-refractivity contribution in [3.8, 4) is 0 Å². The van der Waals surface area contributed by atoms with Gasteiger partial charge < -0.3 is 0 Å². The van der Waals surface area contributed by atoms with Gasteiger partial charge in [-0.05, 0) is 30.7 Å². The maximum atomic E-state index is 5.73. The fourth-order valence-corrected chi connectivity index (χ4v) is 1.24. The van der Waals surface area contributed by atoms with E-state index in [9.17, 15) is 0 Å². The first-order chi connectivity index (χ1) is 5.75. The third-order valence-corrected chi connectivity index (χ3v) is 1.85. The molecule has 2 aromatic heterocycles. The summed E-state index contributed by atoms with van der Waals surface area (Å²) in [7, 11) is 0. The highest BCUT2D eigenvalue weighted by Crippen LogP contribution is 2.13. The predicted octanol–water partition coefficient (Wildman–Crippen LogP) is 2.59. The Morgan fingerprint density at radius 1 is 1.25 bits per heavy atom. The fraction of sp³-hybridized carbons (Fsp3) is 0.111. The molecule has 2 nitrogen and oxygen atoms in total. The van der Waals surface area contributed by atoms with E-state index in [0.29, 0.717) is 5.15 Å². The van der Waals surface area contributed by atoms with E-state index in [1.165, 1.54) is 0 Å². The molecule has 0 saturated heterocycles. The molecule has 0 aliphatic rings. The molecule has 2 aromatic rings. The standard InChI is InChI=1S/C9H7ClN2/c1-6-4-8-7(11-5-6)2-3-9(10)12-8/h2-5H,1H3. The molecule has 12 heavy (non-hydrogen) atoms. The zero-order chi connectivity index (χ0) is 8.55. The summed E-state index contributed by atoms with van der Waals surface area (Å²) < 4.78 is 0. The number of aryl methyl sites for hydroxylation is 1. The summed E-state index contributed by atoms with van der Waals surface area (Å²) in [4.78, 5) is 8.34. The van der Waals surface area contributed by atoms with E-state index >= 15 is 0 Å². The second-order valence-electron chi connectivity index (χ2n) is 2.68. The Bertz CT molecular complexity index is 389. The lowest BCUT2D eigenvalue weighted by Crippen LogP contribution is -1.84. The van der Waals surface area contributed by atoms with Gasteiger partial charge in [0, 0.05) is 6.20 Å². The molecule has 0 aliphatic heterocycles. The molecular formula is C9H7ClN2. The molecule has 2 rings (SSSR count). The summed E-state index contributed by atoms with van der Waals surface area (Å²) in [6.45, 7) is 1.98. The average Bonchev–Trinajstić information content (AvgIpc) is 2.03. The molecule has 0 amide bonds. The van der Waals surface area contributed by atoms with Crippen LogP contribution < -0.4 is 0 Å². The number of halogens is 1. The van der Waals surface area contributed by atoms with Crippen molar-refractivity contribution in [2.24, 2.45) is 0 Å². The van der Waals surface area contributed by atoms with Gasteiger partial charge in [0.05, 0.1) is 11.0 Å². The van der Waals surface area contributed by atoms with Crippen LogP contribution in [0.1, 0.15) is 5.56 Å². The average molecular weight is 179 g/mol. The number of aromatic nitrogens is 2. The molecule has 0 saturated carbocycles. The summed E-state index contributed by atoms with van der Waals surface area (Å²) in [5.74, 6) is 0. The minimum absolute atomic E-state index is 0.509. The van der Waals surface area contributed by atoms with Gasteiger partial charge in [0.1, 0.15) is 5.15 Å². The molecule has 0 fully saturated rings. The molecular weight excluding hydrogens is 172 g/mol. The van der Waals surface area contributed by atoms with E-state index in [1.54, 1.807) is 6.07 Å². The van der Waals surface area contributed by atoms with Crippen LogP contribution in [0.2, 0.25) is 5.15 Å². The maximum absolute atomic E-state index is 5.73. The molecule has 60 valence electrons. The zero-order valence-electron chi connectivity index (χ0n) is 6.58. The second kappa shape index (κ2) is 2.72. The van der Waals surface area contributed by atoms with Crippen LogP contribution in [0, 0.1) is 6.92 Å². The lowest BCUT2D eigenvalue weighted by molar-refractivity contribution is 1.29. The van der Waals surface area contributed by atoms with Crippen molar-refractivity contribution in [1.29, 1.82) is 0 Å². The van der Waals surface area contributed by atoms with Crippen LogP contribution in [0.4, 0.5) is 0 Å². The van der Waals surface area contributed by atoms with Crippen molar-refractivity contribution < 1.29 is 0 Å². The highest BCUT2D eigenvalue weighted by atomic mass is 35.5. The number of hydrogen-bond acceptors (Lipinski definition) is 2. The van der Waals surface area contributed by atoms with Gasteiger partial charge in [-0.1, -0.05) is 11.6 Å². The summed E-state index contributed by atoms with van der Waals surface area (Å²) >= 11 is 5.73. The van der Waals surface area contributed by atoms with Gasteiger partial charge in [-0.25, -0.2) is 4.98 Å². The van der Waals surface area contributed by atoms with Crippen LogP contribution in [0.25, 0.3) is 11.0 Å².